The summed E-state index contributed by atoms with van der Waals surface area (Å²) in [5.74, 6) is 0.298. The van der Waals surface area contributed by atoms with Crippen molar-refractivity contribution in [2.24, 2.45) is 0 Å². The highest BCUT2D eigenvalue weighted by atomic mass is 16.3. The molecule has 0 bridgehead atoms. The van der Waals surface area contributed by atoms with E-state index in [2.05, 4.69) is 18.2 Å². The van der Waals surface area contributed by atoms with Crippen molar-refractivity contribution in [2.45, 2.75) is 0 Å². The van der Waals surface area contributed by atoms with Crippen LogP contribution in [0, 0.1) is 0 Å². The highest BCUT2D eigenvalue weighted by Crippen LogP contribution is 2.38. The summed E-state index contributed by atoms with van der Waals surface area (Å²) in [7, 11) is 0. The van der Waals surface area contributed by atoms with Crippen LogP contribution in [0.3, 0.4) is 0 Å². The molecule has 44 heavy (non-hydrogen) atoms. The van der Waals surface area contributed by atoms with Gasteiger partial charge >= 0.3 is 0 Å². The van der Waals surface area contributed by atoms with Gasteiger partial charge in [0.2, 0.25) is 5.95 Å². The molecular formula is C40H23N3O. The number of fused-ring (bicyclic) bond motifs is 9. The Morgan fingerprint density at radius 3 is 2.16 bits per heavy atom. The van der Waals surface area contributed by atoms with Crippen molar-refractivity contribution >= 4 is 76.2 Å². The number of hydrogen-bond acceptors (Lipinski definition) is 3. The highest BCUT2D eigenvalue weighted by Gasteiger charge is 2.18. The van der Waals surface area contributed by atoms with Crippen LogP contribution in [0.1, 0.15) is 12.3 Å². The van der Waals surface area contributed by atoms with Gasteiger partial charge in [0.1, 0.15) is 11.2 Å². The first kappa shape index (κ1) is 16.6. The lowest BCUT2D eigenvalue weighted by Gasteiger charge is -2.12. The van der Waals surface area contributed by atoms with E-state index in [0.29, 0.717) is 16.9 Å². The van der Waals surface area contributed by atoms with Crippen LogP contribution in [0.5, 0.6) is 0 Å². The van der Waals surface area contributed by atoms with Crippen LogP contribution in [0.25, 0.3) is 93.4 Å². The first-order chi connectivity index (χ1) is 25.6. The predicted octanol–water partition coefficient (Wildman–Crippen LogP) is 10.6. The monoisotopic (exact) mass is 570 g/mol. The van der Waals surface area contributed by atoms with Crippen molar-refractivity contribution in [3.63, 3.8) is 0 Å². The summed E-state index contributed by atoms with van der Waals surface area (Å²) in [6.07, 6.45) is 0. The molecular weight excluding hydrogens is 538 g/mol. The zero-order chi connectivity index (χ0) is 36.6. The molecule has 4 heteroatoms. The van der Waals surface area contributed by atoms with Crippen LogP contribution < -0.4 is 0 Å². The van der Waals surface area contributed by atoms with E-state index in [-0.39, 0.29) is 68.1 Å². The van der Waals surface area contributed by atoms with Crippen LogP contribution >= 0.6 is 0 Å². The van der Waals surface area contributed by atoms with Crippen molar-refractivity contribution in [1.29, 1.82) is 0 Å². The molecule has 0 spiro atoms. The maximum atomic E-state index is 9.47. The fourth-order valence-electron chi connectivity index (χ4n) is 6.20. The van der Waals surface area contributed by atoms with Gasteiger partial charge in [-0.25, -0.2) is 9.97 Å². The molecule has 0 radical (unpaired) electrons. The number of furan rings is 1. The SMILES string of the molecule is [2H]c1c([2H])c([2H])c2c([2H])c3c(oc4c([2H])c(-c5nc(-n6c7ccccc7c7cc8ccccc8cc76)nc6ccccc56)c([2H])c([2H])c43)c([2H])c2c1[2H]. The molecule has 3 aromatic heterocycles. The minimum absolute atomic E-state index is 0.000473. The normalized spacial score (nSPS) is 15.0. The van der Waals surface area contributed by atoms with E-state index in [4.69, 9.17) is 22.6 Å². The van der Waals surface area contributed by atoms with E-state index in [1.165, 1.54) is 0 Å². The van der Waals surface area contributed by atoms with E-state index in [0.717, 1.165) is 32.6 Å². The summed E-state index contributed by atoms with van der Waals surface area (Å²) in [4.78, 5) is 10.1. The Balaban J connectivity index is 1.32. The van der Waals surface area contributed by atoms with E-state index >= 15 is 0 Å². The van der Waals surface area contributed by atoms with Crippen LogP contribution in [-0.4, -0.2) is 14.5 Å². The summed E-state index contributed by atoms with van der Waals surface area (Å²) in [6, 6.07) is 23.7. The molecule has 0 N–H and O–H groups in total. The second kappa shape index (κ2) is 8.76. The van der Waals surface area contributed by atoms with E-state index in [9.17, 15) is 4.11 Å². The van der Waals surface area contributed by atoms with E-state index in [1.54, 1.807) is 12.1 Å². The molecule has 0 fully saturated rings. The number of nitrogens with zero attached hydrogens (tertiary/aromatic N) is 3. The molecule has 3 heterocycles. The lowest BCUT2D eigenvalue weighted by atomic mass is 10.0. The topological polar surface area (TPSA) is 43.9 Å². The Bertz CT molecular complexity index is 3300. The number of para-hydroxylation sites is 2. The predicted molar refractivity (Wildman–Crippen MR) is 182 cm³/mol. The van der Waals surface area contributed by atoms with Gasteiger partial charge in [-0.15, -0.1) is 0 Å². The summed E-state index contributed by atoms with van der Waals surface area (Å²) >= 11 is 0. The molecule has 7 aromatic carbocycles. The van der Waals surface area contributed by atoms with Crippen molar-refractivity contribution < 1.29 is 16.8 Å². The Labute approximate surface area is 264 Å². The fourth-order valence-corrected chi connectivity index (χ4v) is 6.20. The molecule has 0 amide bonds. The van der Waals surface area contributed by atoms with Gasteiger partial charge in [-0.05, 0) is 70.0 Å². The number of aromatic nitrogens is 3. The summed E-state index contributed by atoms with van der Waals surface area (Å²) in [5, 5.41) is 4.15. The van der Waals surface area contributed by atoms with E-state index < -0.39 is 30.2 Å². The summed E-state index contributed by atoms with van der Waals surface area (Å²) in [5.41, 5.74) is 2.14. The molecule has 0 aliphatic rings. The molecule has 10 rings (SSSR count). The van der Waals surface area contributed by atoms with Crippen molar-refractivity contribution in [1.82, 2.24) is 14.5 Å². The smallest absolute Gasteiger partial charge is 0.235 e. The molecule has 10 aromatic rings. The van der Waals surface area contributed by atoms with Gasteiger partial charge in [-0.1, -0.05) is 90.9 Å². The van der Waals surface area contributed by atoms with Crippen LogP contribution in [-0.2, 0) is 0 Å². The number of benzene rings is 7. The quantitative estimate of drug-likeness (QED) is 0.208. The van der Waals surface area contributed by atoms with Crippen LogP contribution in [0.15, 0.2) is 144 Å². The molecule has 0 atom stereocenters. The van der Waals surface area contributed by atoms with Crippen LogP contribution in [0.4, 0.5) is 0 Å². The molecule has 0 saturated carbocycles. The standard InChI is InChI=1S/C40H23N3O/c1-3-11-26-21-36-32(19-24(26)9-1)29-13-6-8-16-35(29)43(36)40-41-34-15-7-5-14-31(34)39(42-40)28-17-18-30-33-20-25-10-2-4-12-27(25)22-38(33)44-37(30)23-28/h1-23H/i2D,4D,10D,12D,17D,18D,20D,22D,23D. The van der Waals surface area contributed by atoms with Gasteiger partial charge in [0, 0.05) is 32.5 Å². The summed E-state index contributed by atoms with van der Waals surface area (Å²) in [6.45, 7) is 0. The first-order valence-electron chi connectivity index (χ1n) is 18.6. The van der Waals surface area contributed by atoms with Crippen molar-refractivity contribution in [3.05, 3.63) is 139 Å². The minimum Gasteiger partial charge on any atom is -0.456 e. The Kier molecular flexibility index (Phi) is 3.30. The van der Waals surface area contributed by atoms with Gasteiger partial charge in [-0.3, -0.25) is 4.57 Å². The molecule has 4 nitrogen and oxygen atoms in total. The largest absolute Gasteiger partial charge is 0.456 e. The number of rotatable bonds is 2. The zero-order valence-corrected chi connectivity index (χ0v) is 22.8. The third kappa shape index (κ3) is 3.33. The van der Waals surface area contributed by atoms with Crippen molar-refractivity contribution in [2.75, 3.05) is 0 Å². The minimum atomic E-state index is -0.554. The second-order valence-electron chi connectivity index (χ2n) is 10.7. The molecule has 0 aliphatic carbocycles. The molecule has 0 unspecified atom stereocenters. The van der Waals surface area contributed by atoms with Gasteiger partial charge < -0.3 is 4.42 Å². The molecule has 204 valence electrons. The Hall–Kier alpha value is -6.00. The van der Waals surface area contributed by atoms with Crippen molar-refractivity contribution in [3.8, 4) is 17.2 Å². The Morgan fingerprint density at radius 1 is 0.545 bits per heavy atom. The third-order valence-corrected chi connectivity index (χ3v) is 8.20. The second-order valence-corrected chi connectivity index (χ2v) is 10.7. The highest BCUT2D eigenvalue weighted by molar-refractivity contribution is 6.14. The van der Waals surface area contributed by atoms with Gasteiger partial charge in [-0.2, -0.15) is 0 Å². The molecule has 0 saturated heterocycles. The van der Waals surface area contributed by atoms with Crippen LogP contribution in [0.2, 0.25) is 0 Å². The average Bonchev–Trinajstić information content (AvgIpc) is 3.73. The maximum Gasteiger partial charge on any atom is 0.235 e. The van der Waals surface area contributed by atoms with Gasteiger partial charge in [0.05, 0.1) is 34.6 Å². The lowest BCUT2D eigenvalue weighted by Crippen LogP contribution is -2.03. The maximum absolute atomic E-state index is 9.47. The van der Waals surface area contributed by atoms with Gasteiger partial charge in [0.15, 0.2) is 0 Å². The zero-order valence-electron chi connectivity index (χ0n) is 31.8. The van der Waals surface area contributed by atoms with Gasteiger partial charge in [0.25, 0.3) is 0 Å². The lowest BCUT2D eigenvalue weighted by molar-refractivity contribution is 0.669. The fraction of sp³-hybridized carbons (Fsp3) is 0. The van der Waals surface area contributed by atoms with E-state index in [1.807, 2.05) is 59.2 Å². The Morgan fingerprint density at radius 2 is 1.27 bits per heavy atom. The first-order valence-corrected chi connectivity index (χ1v) is 14.1. The number of hydrogen-bond donors (Lipinski definition) is 0. The average molecular weight is 571 g/mol. The molecule has 0 aliphatic heterocycles. The third-order valence-electron chi connectivity index (χ3n) is 8.20. The summed E-state index contributed by atoms with van der Waals surface area (Å²) < 4.78 is 87.5.